The van der Waals surface area contributed by atoms with Crippen LogP contribution in [-0.4, -0.2) is 41.9 Å². The summed E-state index contributed by atoms with van der Waals surface area (Å²) in [4.78, 5) is 13.8. The Kier molecular flexibility index (Phi) is 4.88. The van der Waals surface area contributed by atoms with E-state index in [0.717, 1.165) is 24.6 Å². The quantitative estimate of drug-likeness (QED) is 0.905. The molecule has 0 aromatic carbocycles. The summed E-state index contributed by atoms with van der Waals surface area (Å²) in [7, 11) is 1.88. The fourth-order valence-electron chi connectivity index (χ4n) is 1.86. The summed E-state index contributed by atoms with van der Waals surface area (Å²) in [5.41, 5.74) is 1.22. The van der Waals surface area contributed by atoms with Crippen molar-refractivity contribution in [2.75, 3.05) is 25.1 Å². The van der Waals surface area contributed by atoms with Crippen LogP contribution in [0.5, 0.6) is 0 Å². The second-order valence-electron chi connectivity index (χ2n) is 4.31. The van der Waals surface area contributed by atoms with E-state index in [1.165, 1.54) is 5.56 Å². The molecule has 1 aromatic heterocycles. The van der Waals surface area contributed by atoms with Gasteiger partial charge in [0.2, 0.25) is 5.91 Å². The van der Waals surface area contributed by atoms with Gasteiger partial charge in [-0.05, 0) is 22.4 Å². The molecule has 17 heavy (non-hydrogen) atoms. The van der Waals surface area contributed by atoms with Crippen LogP contribution >= 0.6 is 23.1 Å². The van der Waals surface area contributed by atoms with Crippen LogP contribution in [0.2, 0.25) is 0 Å². The molecule has 0 aliphatic carbocycles. The van der Waals surface area contributed by atoms with Gasteiger partial charge in [-0.3, -0.25) is 4.79 Å². The summed E-state index contributed by atoms with van der Waals surface area (Å²) in [5, 5.41) is 7.54. The number of nitrogens with one attached hydrogen (secondary N) is 1. The molecule has 2 rings (SSSR count). The van der Waals surface area contributed by atoms with Gasteiger partial charge in [-0.2, -0.15) is 23.1 Å². The number of carbonyl (C=O) groups is 1. The van der Waals surface area contributed by atoms with Crippen LogP contribution in [0.15, 0.2) is 16.8 Å². The highest BCUT2D eigenvalue weighted by molar-refractivity contribution is 7.99. The van der Waals surface area contributed by atoms with Crippen molar-refractivity contribution < 1.29 is 4.79 Å². The van der Waals surface area contributed by atoms with Crippen molar-refractivity contribution in [3.8, 4) is 0 Å². The third-order valence-corrected chi connectivity index (χ3v) is 4.71. The maximum Gasteiger partial charge on any atom is 0.224 e. The number of hydrogen-bond acceptors (Lipinski definition) is 4. The van der Waals surface area contributed by atoms with Crippen LogP contribution in [0.4, 0.5) is 0 Å². The van der Waals surface area contributed by atoms with E-state index in [9.17, 15) is 4.79 Å². The van der Waals surface area contributed by atoms with Gasteiger partial charge in [-0.25, -0.2) is 0 Å². The van der Waals surface area contributed by atoms with Crippen LogP contribution < -0.4 is 5.32 Å². The molecular formula is C12H18N2OS2. The van der Waals surface area contributed by atoms with E-state index in [0.29, 0.717) is 12.5 Å². The zero-order chi connectivity index (χ0) is 12.1. The Morgan fingerprint density at radius 3 is 3.18 bits per heavy atom. The Morgan fingerprint density at radius 2 is 2.53 bits per heavy atom. The Hall–Kier alpha value is -0.520. The highest BCUT2D eigenvalue weighted by Gasteiger charge is 2.19. The molecule has 1 amide bonds. The zero-order valence-corrected chi connectivity index (χ0v) is 11.6. The normalized spacial score (nSPS) is 20.2. The molecule has 5 heteroatoms. The third-order valence-electron chi connectivity index (χ3n) is 2.85. The van der Waals surface area contributed by atoms with Crippen LogP contribution in [0.25, 0.3) is 0 Å². The van der Waals surface area contributed by atoms with Gasteiger partial charge >= 0.3 is 0 Å². The summed E-state index contributed by atoms with van der Waals surface area (Å²) in [5.74, 6) is 2.45. The molecule has 1 saturated heterocycles. The summed E-state index contributed by atoms with van der Waals surface area (Å²) in [6.07, 6.45) is 0.619. The minimum Gasteiger partial charge on any atom is -0.341 e. The lowest BCUT2D eigenvalue weighted by Crippen LogP contribution is -2.41. The molecule has 0 spiro atoms. The van der Waals surface area contributed by atoms with Gasteiger partial charge in [0.15, 0.2) is 0 Å². The van der Waals surface area contributed by atoms with E-state index in [1.54, 1.807) is 11.3 Å². The Bertz CT molecular complexity index is 347. The molecule has 1 aliphatic rings. The van der Waals surface area contributed by atoms with Crippen LogP contribution in [0, 0.1) is 0 Å². The van der Waals surface area contributed by atoms with Gasteiger partial charge in [-0.1, -0.05) is 0 Å². The predicted octanol–water partition coefficient (Wildman–Crippen LogP) is 1.80. The maximum atomic E-state index is 12.0. The van der Waals surface area contributed by atoms with E-state index in [4.69, 9.17) is 0 Å². The Labute approximate surface area is 111 Å². The number of thioether (sulfide) groups is 1. The number of rotatable bonds is 4. The highest BCUT2D eigenvalue weighted by Crippen LogP contribution is 2.13. The predicted molar refractivity (Wildman–Crippen MR) is 74.5 cm³/mol. The lowest BCUT2D eigenvalue weighted by molar-refractivity contribution is -0.130. The smallest absolute Gasteiger partial charge is 0.224 e. The first-order valence-corrected chi connectivity index (χ1v) is 7.91. The standard InChI is InChI=1S/C12H18N2OS2/c1-14(7-10-2-4-16-8-10)12(15)6-11-9-17-5-3-13-11/h2,4,8,11,13H,3,5-7,9H2,1H3. The molecule has 1 aromatic rings. The summed E-state index contributed by atoms with van der Waals surface area (Å²) < 4.78 is 0. The molecule has 0 saturated carbocycles. The summed E-state index contributed by atoms with van der Waals surface area (Å²) in [6.45, 7) is 1.75. The van der Waals surface area contributed by atoms with E-state index in [1.807, 2.05) is 29.1 Å². The average Bonchev–Trinajstić information content (AvgIpc) is 2.83. The van der Waals surface area contributed by atoms with Gasteiger partial charge in [0.1, 0.15) is 0 Å². The molecule has 1 atom stereocenters. The van der Waals surface area contributed by atoms with Gasteiger partial charge in [-0.15, -0.1) is 0 Å². The molecule has 2 heterocycles. The molecule has 94 valence electrons. The van der Waals surface area contributed by atoms with Crippen LogP contribution in [-0.2, 0) is 11.3 Å². The maximum absolute atomic E-state index is 12.0. The van der Waals surface area contributed by atoms with Crippen molar-refractivity contribution in [2.24, 2.45) is 0 Å². The lowest BCUT2D eigenvalue weighted by Gasteiger charge is -2.25. The highest BCUT2D eigenvalue weighted by atomic mass is 32.2. The Balaban J connectivity index is 1.78. The largest absolute Gasteiger partial charge is 0.341 e. The number of amides is 1. The van der Waals surface area contributed by atoms with Gasteiger partial charge in [0, 0.05) is 44.1 Å². The Morgan fingerprint density at radius 1 is 1.65 bits per heavy atom. The third kappa shape index (κ3) is 4.01. The van der Waals surface area contributed by atoms with Crippen molar-refractivity contribution in [3.63, 3.8) is 0 Å². The van der Waals surface area contributed by atoms with Crippen molar-refractivity contribution in [3.05, 3.63) is 22.4 Å². The van der Waals surface area contributed by atoms with E-state index in [2.05, 4.69) is 16.8 Å². The number of hydrogen-bond donors (Lipinski definition) is 1. The number of carbonyl (C=O) groups excluding carboxylic acids is 1. The second kappa shape index (κ2) is 6.42. The van der Waals surface area contributed by atoms with Gasteiger partial charge < -0.3 is 10.2 Å². The lowest BCUT2D eigenvalue weighted by atomic mass is 10.2. The first-order valence-electron chi connectivity index (χ1n) is 5.82. The summed E-state index contributed by atoms with van der Waals surface area (Å²) in [6, 6.07) is 2.43. The molecule has 0 bridgehead atoms. The first-order chi connectivity index (χ1) is 8.25. The monoisotopic (exact) mass is 270 g/mol. The molecule has 1 N–H and O–H groups in total. The fraction of sp³-hybridized carbons (Fsp3) is 0.583. The van der Waals surface area contributed by atoms with Crippen molar-refractivity contribution in [2.45, 2.75) is 19.0 Å². The minimum absolute atomic E-state index is 0.233. The van der Waals surface area contributed by atoms with E-state index < -0.39 is 0 Å². The molecule has 1 fully saturated rings. The number of nitrogens with zero attached hydrogens (tertiary/aromatic N) is 1. The second-order valence-corrected chi connectivity index (χ2v) is 6.24. The van der Waals surface area contributed by atoms with Crippen molar-refractivity contribution >= 4 is 29.0 Å². The van der Waals surface area contributed by atoms with E-state index in [-0.39, 0.29) is 5.91 Å². The van der Waals surface area contributed by atoms with Gasteiger partial charge in [0.05, 0.1) is 0 Å². The molecule has 0 radical (unpaired) electrons. The van der Waals surface area contributed by atoms with E-state index >= 15 is 0 Å². The SMILES string of the molecule is CN(Cc1ccsc1)C(=O)CC1CSCCN1. The minimum atomic E-state index is 0.233. The van der Waals surface area contributed by atoms with Crippen LogP contribution in [0.1, 0.15) is 12.0 Å². The van der Waals surface area contributed by atoms with Crippen molar-refractivity contribution in [1.82, 2.24) is 10.2 Å². The first kappa shape index (κ1) is 12.9. The van der Waals surface area contributed by atoms with Crippen LogP contribution in [0.3, 0.4) is 0 Å². The molecule has 1 unspecified atom stereocenters. The molecular weight excluding hydrogens is 252 g/mol. The fourth-order valence-corrected chi connectivity index (χ4v) is 3.47. The summed E-state index contributed by atoms with van der Waals surface area (Å²) >= 11 is 3.61. The zero-order valence-electron chi connectivity index (χ0n) is 10.0. The number of thiophene rings is 1. The van der Waals surface area contributed by atoms with Crippen molar-refractivity contribution in [1.29, 1.82) is 0 Å². The topological polar surface area (TPSA) is 32.3 Å². The molecule has 1 aliphatic heterocycles. The van der Waals surface area contributed by atoms with Gasteiger partial charge in [0.25, 0.3) is 0 Å². The average molecular weight is 270 g/mol. The molecule has 3 nitrogen and oxygen atoms in total.